The summed E-state index contributed by atoms with van der Waals surface area (Å²) < 4.78 is 8.93. The van der Waals surface area contributed by atoms with Gasteiger partial charge in [-0.15, -0.1) is 0 Å². The van der Waals surface area contributed by atoms with Crippen LogP contribution in [0.3, 0.4) is 0 Å². The summed E-state index contributed by atoms with van der Waals surface area (Å²) in [6, 6.07) is 0. The fraction of sp³-hybridized carbons (Fsp3) is 0.444. The minimum Gasteiger partial charge on any atom is -0.462 e. The Kier molecular flexibility index (Phi) is 5.21. The van der Waals surface area contributed by atoms with E-state index in [0.717, 1.165) is 0 Å². The first-order valence-corrected chi connectivity index (χ1v) is 4.01. The average Bonchev–Trinajstić information content (AvgIpc) is 2.13. The van der Waals surface area contributed by atoms with E-state index in [0.29, 0.717) is 0 Å². The zero-order chi connectivity index (χ0) is 11.1. The van der Waals surface area contributed by atoms with Gasteiger partial charge in [0.2, 0.25) is 5.78 Å². The normalized spacial score (nSPS) is 9.00. The van der Waals surface area contributed by atoms with Gasteiger partial charge in [0.15, 0.2) is 6.61 Å². The molecule has 0 saturated carbocycles. The van der Waals surface area contributed by atoms with E-state index in [1.165, 1.54) is 6.92 Å². The van der Waals surface area contributed by atoms with E-state index >= 15 is 0 Å². The molecule has 0 spiro atoms. The minimum absolute atomic E-state index is 0.165. The van der Waals surface area contributed by atoms with Crippen LogP contribution in [0.4, 0.5) is 0 Å². The lowest BCUT2D eigenvalue weighted by atomic mass is 10.2. The zero-order valence-electron chi connectivity index (χ0n) is 8.16. The van der Waals surface area contributed by atoms with Crippen molar-refractivity contribution in [3.05, 3.63) is 12.2 Å². The highest BCUT2D eigenvalue weighted by Crippen LogP contribution is 1.97. The molecule has 0 fully saturated rings. The summed E-state index contributed by atoms with van der Waals surface area (Å²) in [5, 5.41) is 0. The van der Waals surface area contributed by atoms with Crippen LogP contribution in [0, 0.1) is 0 Å². The summed E-state index contributed by atoms with van der Waals surface area (Å²) in [6.07, 6.45) is 0. The summed E-state index contributed by atoms with van der Waals surface area (Å²) in [5.41, 5.74) is -0.312. The van der Waals surface area contributed by atoms with Crippen molar-refractivity contribution in [1.82, 2.24) is 0 Å². The van der Waals surface area contributed by atoms with Crippen molar-refractivity contribution in [2.75, 3.05) is 13.2 Å². The van der Waals surface area contributed by atoms with Crippen molar-refractivity contribution >= 4 is 17.7 Å². The first kappa shape index (κ1) is 12.3. The van der Waals surface area contributed by atoms with E-state index in [-0.39, 0.29) is 12.2 Å². The number of ether oxygens (including phenoxy) is 2. The third-order valence-electron chi connectivity index (χ3n) is 1.26. The predicted molar refractivity (Wildman–Crippen MR) is 47.4 cm³/mol. The quantitative estimate of drug-likeness (QED) is 0.275. The maximum atomic E-state index is 11.1. The lowest BCUT2D eigenvalue weighted by molar-refractivity contribution is -0.147. The van der Waals surface area contributed by atoms with Gasteiger partial charge in [0.05, 0.1) is 12.2 Å². The smallest absolute Gasteiger partial charge is 0.341 e. The Morgan fingerprint density at radius 1 is 1.21 bits per heavy atom. The average molecular weight is 200 g/mol. The van der Waals surface area contributed by atoms with Crippen LogP contribution in [0.2, 0.25) is 0 Å². The van der Waals surface area contributed by atoms with Gasteiger partial charge >= 0.3 is 11.9 Å². The van der Waals surface area contributed by atoms with Crippen molar-refractivity contribution in [3.63, 3.8) is 0 Å². The zero-order valence-corrected chi connectivity index (χ0v) is 8.16. The number of ketones is 1. The van der Waals surface area contributed by atoms with E-state index in [1.54, 1.807) is 6.92 Å². The van der Waals surface area contributed by atoms with Crippen LogP contribution in [0.15, 0.2) is 12.2 Å². The molecule has 0 aliphatic carbocycles. The van der Waals surface area contributed by atoms with Gasteiger partial charge in [-0.25, -0.2) is 4.79 Å². The van der Waals surface area contributed by atoms with Crippen molar-refractivity contribution in [2.45, 2.75) is 13.8 Å². The molecule has 0 saturated heterocycles. The van der Waals surface area contributed by atoms with Gasteiger partial charge in [-0.1, -0.05) is 6.58 Å². The predicted octanol–water partition coefficient (Wildman–Crippen LogP) is 0.238. The molecule has 0 amide bonds. The number of carbonyl (C=O) groups excluding carboxylic acids is 3. The molecule has 0 atom stereocenters. The fourth-order valence-corrected chi connectivity index (χ4v) is 0.586. The van der Waals surface area contributed by atoms with Gasteiger partial charge in [-0.3, -0.25) is 9.59 Å². The number of rotatable bonds is 5. The Labute approximate surface area is 81.7 Å². The van der Waals surface area contributed by atoms with Crippen LogP contribution in [0.25, 0.3) is 0 Å². The van der Waals surface area contributed by atoms with Crippen LogP contribution >= 0.6 is 0 Å². The number of Topliss-reactive ketones (excluding diaryl/α,β-unsaturated/α-hetero) is 1. The van der Waals surface area contributed by atoms with Gasteiger partial charge in [-0.2, -0.15) is 0 Å². The van der Waals surface area contributed by atoms with Crippen molar-refractivity contribution in [3.8, 4) is 0 Å². The van der Waals surface area contributed by atoms with Gasteiger partial charge in [0.25, 0.3) is 0 Å². The highest BCUT2D eigenvalue weighted by molar-refractivity contribution is 6.17. The molecule has 0 aliphatic heterocycles. The molecule has 0 unspecified atom stereocenters. The minimum atomic E-state index is -0.787. The third-order valence-corrected chi connectivity index (χ3v) is 1.26. The second-order valence-electron chi connectivity index (χ2n) is 2.40. The Morgan fingerprint density at radius 2 is 1.79 bits per heavy atom. The van der Waals surface area contributed by atoms with Crippen molar-refractivity contribution < 1.29 is 23.9 Å². The molecule has 0 rings (SSSR count). The van der Waals surface area contributed by atoms with E-state index in [4.69, 9.17) is 0 Å². The van der Waals surface area contributed by atoms with Crippen molar-refractivity contribution in [1.29, 1.82) is 0 Å². The van der Waals surface area contributed by atoms with Crippen LogP contribution < -0.4 is 0 Å². The standard InChI is InChI=1S/C9H12O5/c1-4-13-9(12)6(2)8(11)5-14-7(3)10/h2,4-5H2,1,3H3. The van der Waals surface area contributed by atoms with E-state index in [9.17, 15) is 14.4 Å². The summed E-state index contributed by atoms with van der Waals surface area (Å²) >= 11 is 0. The molecule has 0 aromatic rings. The SMILES string of the molecule is C=C(C(=O)COC(C)=O)C(=O)OCC. The fourth-order valence-electron chi connectivity index (χ4n) is 0.586. The molecule has 0 radical (unpaired) electrons. The Balaban J connectivity index is 4.06. The van der Waals surface area contributed by atoms with Gasteiger partial charge in [0, 0.05) is 6.92 Å². The first-order chi connectivity index (χ1) is 6.49. The maximum Gasteiger partial charge on any atom is 0.341 e. The number of carbonyl (C=O) groups is 3. The molecule has 5 nitrogen and oxygen atoms in total. The topological polar surface area (TPSA) is 69.7 Å². The van der Waals surface area contributed by atoms with E-state index < -0.39 is 24.3 Å². The Bertz CT molecular complexity index is 266. The summed E-state index contributed by atoms with van der Waals surface area (Å²) in [5.74, 6) is -2.03. The van der Waals surface area contributed by atoms with Gasteiger partial charge in [0.1, 0.15) is 0 Å². The molecular formula is C9H12O5. The molecule has 5 heteroatoms. The van der Waals surface area contributed by atoms with Gasteiger partial charge < -0.3 is 9.47 Å². The van der Waals surface area contributed by atoms with E-state index in [2.05, 4.69) is 16.1 Å². The highest BCUT2D eigenvalue weighted by atomic mass is 16.5. The molecule has 0 aliphatic rings. The number of hydrogen-bond acceptors (Lipinski definition) is 5. The van der Waals surface area contributed by atoms with Crippen LogP contribution in [0.5, 0.6) is 0 Å². The molecule has 0 aromatic heterocycles. The molecule has 0 N–H and O–H groups in total. The van der Waals surface area contributed by atoms with E-state index in [1.807, 2.05) is 0 Å². The summed E-state index contributed by atoms with van der Waals surface area (Å²) in [6.45, 7) is 5.70. The second-order valence-corrected chi connectivity index (χ2v) is 2.40. The molecular weight excluding hydrogens is 188 g/mol. The van der Waals surface area contributed by atoms with Crippen molar-refractivity contribution in [2.24, 2.45) is 0 Å². The van der Waals surface area contributed by atoms with Crippen LogP contribution in [-0.2, 0) is 23.9 Å². The lowest BCUT2D eigenvalue weighted by Crippen LogP contribution is -2.20. The second kappa shape index (κ2) is 5.90. The van der Waals surface area contributed by atoms with Crippen LogP contribution in [0.1, 0.15) is 13.8 Å². The molecule has 0 bridgehead atoms. The molecule has 78 valence electrons. The number of hydrogen-bond donors (Lipinski definition) is 0. The highest BCUT2D eigenvalue weighted by Gasteiger charge is 2.17. The van der Waals surface area contributed by atoms with Crippen LogP contribution in [-0.4, -0.2) is 30.9 Å². The summed E-state index contributed by atoms with van der Waals surface area (Å²) in [7, 11) is 0. The summed E-state index contributed by atoms with van der Waals surface area (Å²) in [4.78, 5) is 32.4. The molecule has 14 heavy (non-hydrogen) atoms. The Morgan fingerprint density at radius 3 is 2.21 bits per heavy atom. The van der Waals surface area contributed by atoms with Gasteiger partial charge in [-0.05, 0) is 6.92 Å². The molecule has 0 aromatic carbocycles. The molecule has 0 heterocycles. The Hall–Kier alpha value is -1.65. The first-order valence-electron chi connectivity index (χ1n) is 4.01. The number of esters is 2. The maximum absolute atomic E-state index is 11.1. The monoisotopic (exact) mass is 200 g/mol. The third kappa shape index (κ3) is 4.39. The lowest BCUT2D eigenvalue weighted by Gasteiger charge is -2.04. The largest absolute Gasteiger partial charge is 0.462 e.